The largest absolute Gasteiger partial charge is 0.496 e. The molecule has 0 spiro atoms. The summed E-state index contributed by atoms with van der Waals surface area (Å²) in [5.41, 5.74) is 8.97. The van der Waals surface area contributed by atoms with E-state index in [2.05, 4.69) is 11.1 Å². The summed E-state index contributed by atoms with van der Waals surface area (Å²) in [6.07, 6.45) is 0.812. The van der Waals surface area contributed by atoms with Gasteiger partial charge in [0, 0.05) is 11.6 Å². The van der Waals surface area contributed by atoms with Crippen molar-refractivity contribution in [1.82, 2.24) is 9.55 Å². The maximum absolute atomic E-state index is 6.06. The fourth-order valence-electron chi connectivity index (χ4n) is 2.49. The predicted octanol–water partition coefficient (Wildman–Crippen LogP) is 3.52. The van der Waals surface area contributed by atoms with E-state index in [1.54, 1.807) is 7.11 Å². The average Bonchev–Trinajstić information content (AvgIpc) is 2.80. The Labute approximate surface area is 128 Å². The SMILES string of the molecule is COc1ccccc1CCn1c(N)nc2ccc(Cl)cc21. The summed E-state index contributed by atoms with van der Waals surface area (Å²) in [5.74, 6) is 1.39. The van der Waals surface area contributed by atoms with Crippen LogP contribution in [0.5, 0.6) is 5.75 Å². The molecule has 0 aliphatic rings. The van der Waals surface area contributed by atoms with Gasteiger partial charge in [-0.15, -0.1) is 0 Å². The Kier molecular flexibility index (Phi) is 3.71. The number of hydrogen-bond acceptors (Lipinski definition) is 3. The van der Waals surface area contributed by atoms with E-state index in [0.717, 1.165) is 35.3 Å². The number of para-hydroxylation sites is 1. The highest BCUT2D eigenvalue weighted by molar-refractivity contribution is 6.31. The lowest BCUT2D eigenvalue weighted by molar-refractivity contribution is 0.408. The Balaban J connectivity index is 1.91. The number of halogens is 1. The van der Waals surface area contributed by atoms with Crippen molar-refractivity contribution in [3.05, 3.63) is 53.1 Å². The highest BCUT2D eigenvalue weighted by Crippen LogP contribution is 2.24. The van der Waals surface area contributed by atoms with Gasteiger partial charge in [-0.3, -0.25) is 0 Å². The van der Waals surface area contributed by atoms with Crippen LogP contribution in [0.4, 0.5) is 5.95 Å². The standard InChI is InChI=1S/C16H16ClN3O/c1-21-15-5-3-2-4-11(15)8-9-20-14-10-12(17)6-7-13(14)19-16(20)18/h2-7,10H,8-9H2,1H3,(H2,18,19). The van der Waals surface area contributed by atoms with Crippen LogP contribution in [0.15, 0.2) is 42.5 Å². The first kappa shape index (κ1) is 13.8. The number of benzene rings is 2. The van der Waals surface area contributed by atoms with Gasteiger partial charge in [0.25, 0.3) is 0 Å². The molecule has 0 amide bonds. The zero-order valence-corrected chi connectivity index (χ0v) is 12.5. The number of imidazole rings is 1. The lowest BCUT2D eigenvalue weighted by Gasteiger charge is -2.10. The van der Waals surface area contributed by atoms with E-state index in [1.165, 1.54) is 0 Å². The van der Waals surface area contributed by atoms with Gasteiger partial charge in [0.2, 0.25) is 5.95 Å². The number of nitrogens with two attached hydrogens (primary N) is 1. The van der Waals surface area contributed by atoms with E-state index in [-0.39, 0.29) is 0 Å². The molecule has 0 saturated carbocycles. The molecule has 2 N–H and O–H groups in total. The zero-order valence-electron chi connectivity index (χ0n) is 11.7. The molecular weight excluding hydrogens is 286 g/mol. The summed E-state index contributed by atoms with van der Waals surface area (Å²) in [4.78, 5) is 4.36. The lowest BCUT2D eigenvalue weighted by atomic mass is 10.1. The monoisotopic (exact) mass is 301 g/mol. The Morgan fingerprint density at radius 3 is 2.86 bits per heavy atom. The summed E-state index contributed by atoms with van der Waals surface area (Å²) in [7, 11) is 1.68. The van der Waals surface area contributed by atoms with Crippen molar-refractivity contribution in [1.29, 1.82) is 0 Å². The molecule has 2 aromatic carbocycles. The minimum atomic E-state index is 0.502. The number of nitrogen functional groups attached to an aromatic ring is 1. The molecule has 0 unspecified atom stereocenters. The molecule has 0 radical (unpaired) electrons. The molecule has 0 saturated heterocycles. The van der Waals surface area contributed by atoms with Crippen molar-refractivity contribution < 1.29 is 4.74 Å². The first-order valence-electron chi connectivity index (χ1n) is 6.72. The summed E-state index contributed by atoms with van der Waals surface area (Å²) in [6.45, 7) is 0.725. The van der Waals surface area contributed by atoms with Crippen molar-refractivity contribution in [2.24, 2.45) is 0 Å². The molecule has 0 bridgehead atoms. The van der Waals surface area contributed by atoms with E-state index in [0.29, 0.717) is 11.0 Å². The van der Waals surface area contributed by atoms with Crippen LogP contribution in [0.2, 0.25) is 5.02 Å². The second-order valence-corrected chi connectivity index (χ2v) is 5.25. The zero-order chi connectivity index (χ0) is 14.8. The van der Waals surface area contributed by atoms with Crippen LogP contribution in [-0.2, 0) is 13.0 Å². The Bertz CT molecular complexity index is 782. The average molecular weight is 302 g/mol. The van der Waals surface area contributed by atoms with Gasteiger partial charge in [0.15, 0.2) is 0 Å². The minimum Gasteiger partial charge on any atom is -0.496 e. The first-order valence-corrected chi connectivity index (χ1v) is 7.10. The summed E-state index contributed by atoms with van der Waals surface area (Å²) >= 11 is 6.06. The smallest absolute Gasteiger partial charge is 0.201 e. The van der Waals surface area contributed by atoms with Crippen LogP contribution in [0.1, 0.15) is 5.56 Å². The molecule has 3 aromatic rings. The Hall–Kier alpha value is -2.20. The molecule has 108 valence electrons. The summed E-state index contributed by atoms with van der Waals surface area (Å²) in [5, 5.41) is 0.681. The van der Waals surface area contributed by atoms with Gasteiger partial charge in [-0.2, -0.15) is 0 Å². The number of aryl methyl sites for hydroxylation is 2. The van der Waals surface area contributed by atoms with E-state index < -0.39 is 0 Å². The number of ether oxygens (including phenoxy) is 1. The normalized spacial score (nSPS) is 11.0. The molecular formula is C16H16ClN3O. The third kappa shape index (κ3) is 2.67. The second-order valence-electron chi connectivity index (χ2n) is 4.82. The number of fused-ring (bicyclic) bond motifs is 1. The Morgan fingerprint density at radius 2 is 2.05 bits per heavy atom. The molecule has 4 nitrogen and oxygen atoms in total. The molecule has 0 atom stereocenters. The maximum Gasteiger partial charge on any atom is 0.201 e. The number of anilines is 1. The van der Waals surface area contributed by atoms with Gasteiger partial charge < -0.3 is 15.0 Å². The predicted molar refractivity (Wildman–Crippen MR) is 85.9 cm³/mol. The fourth-order valence-corrected chi connectivity index (χ4v) is 2.66. The van der Waals surface area contributed by atoms with Gasteiger partial charge in [-0.1, -0.05) is 29.8 Å². The molecule has 0 fully saturated rings. The number of aromatic nitrogens is 2. The van der Waals surface area contributed by atoms with Crippen LogP contribution in [-0.4, -0.2) is 16.7 Å². The summed E-state index contributed by atoms with van der Waals surface area (Å²) in [6, 6.07) is 13.6. The Morgan fingerprint density at radius 1 is 1.24 bits per heavy atom. The highest BCUT2D eigenvalue weighted by atomic mass is 35.5. The highest BCUT2D eigenvalue weighted by Gasteiger charge is 2.10. The van der Waals surface area contributed by atoms with Crippen molar-refractivity contribution in [3.63, 3.8) is 0 Å². The third-order valence-corrected chi connectivity index (χ3v) is 3.77. The van der Waals surface area contributed by atoms with Gasteiger partial charge in [0.1, 0.15) is 5.75 Å². The lowest BCUT2D eigenvalue weighted by Crippen LogP contribution is -2.06. The fraction of sp³-hybridized carbons (Fsp3) is 0.188. The van der Waals surface area contributed by atoms with Gasteiger partial charge in [-0.25, -0.2) is 4.98 Å². The van der Waals surface area contributed by atoms with Crippen molar-refractivity contribution in [3.8, 4) is 5.75 Å². The van der Waals surface area contributed by atoms with Crippen LogP contribution in [0.3, 0.4) is 0 Å². The van der Waals surface area contributed by atoms with Crippen LogP contribution < -0.4 is 10.5 Å². The van der Waals surface area contributed by atoms with Crippen LogP contribution in [0, 0.1) is 0 Å². The number of methoxy groups -OCH3 is 1. The van der Waals surface area contributed by atoms with Gasteiger partial charge in [-0.05, 0) is 36.2 Å². The van der Waals surface area contributed by atoms with Gasteiger partial charge in [0.05, 0.1) is 18.1 Å². The van der Waals surface area contributed by atoms with Crippen LogP contribution in [0.25, 0.3) is 11.0 Å². The first-order chi connectivity index (χ1) is 10.2. The van der Waals surface area contributed by atoms with E-state index >= 15 is 0 Å². The van der Waals surface area contributed by atoms with E-state index in [9.17, 15) is 0 Å². The van der Waals surface area contributed by atoms with E-state index in [4.69, 9.17) is 22.1 Å². The number of hydrogen-bond donors (Lipinski definition) is 1. The van der Waals surface area contributed by atoms with Gasteiger partial charge >= 0.3 is 0 Å². The molecule has 0 aliphatic carbocycles. The topological polar surface area (TPSA) is 53.1 Å². The molecule has 5 heteroatoms. The van der Waals surface area contributed by atoms with Crippen molar-refractivity contribution in [2.75, 3.05) is 12.8 Å². The quantitative estimate of drug-likeness (QED) is 0.802. The molecule has 1 aromatic heterocycles. The van der Waals surface area contributed by atoms with Crippen molar-refractivity contribution in [2.45, 2.75) is 13.0 Å². The summed E-state index contributed by atoms with van der Waals surface area (Å²) < 4.78 is 7.35. The van der Waals surface area contributed by atoms with E-state index in [1.807, 2.05) is 41.0 Å². The van der Waals surface area contributed by atoms with Crippen LogP contribution >= 0.6 is 11.6 Å². The molecule has 0 aliphatic heterocycles. The third-order valence-electron chi connectivity index (χ3n) is 3.54. The van der Waals surface area contributed by atoms with Crippen molar-refractivity contribution >= 4 is 28.6 Å². The molecule has 3 rings (SSSR count). The number of nitrogens with zero attached hydrogens (tertiary/aromatic N) is 2. The second kappa shape index (κ2) is 5.66. The molecule has 1 heterocycles. The number of rotatable bonds is 4. The minimum absolute atomic E-state index is 0.502. The molecule has 21 heavy (non-hydrogen) atoms. The maximum atomic E-state index is 6.06.